The number of benzene rings is 1. The predicted octanol–water partition coefficient (Wildman–Crippen LogP) is 4.79. The van der Waals surface area contributed by atoms with Crippen LogP contribution in [-0.2, 0) is 16.1 Å². The summed E-state index contributed by atoms with van der Waals surface area (Å²) in [6.07, 6.45) is 5.38. The van der Waals surface area contributed by atoms with E-state index in [4.69, 9.17) is 9.47 Å². The summed E-state index contributed by atoms with van der Waals surface area (Å²) in [6, 6.07) is 9.04. The SMILES string of the molecule is COc1cc(C2C(=O)N(C3CCCCC3)CC(=O)N2Cc2cccs2)ccc1OC(C)C. The first-order chi connectivity index (χ1) is 15.5. The van der Waals surface area contributed by atoms with Gasteiger partial charge in [0.2, 0.25) is 5.91 Å². The van der Waals surface area contributed by atoms with E-state index in [2.05, 4.69) is 0 Å². The molecule has 2 aromatic rings. The van der Waals surface area contributed by atoms with Crippen LogP contribution in [0.25, 0.3) is 0 Å². The zero-order chi connectivity index (χ0) is 22.7. The molecule has 1 atom stereocenters. The Morgan fingerprint density at radius 2 is 1.88 bits per heavy atom. The quantitative estimate of drug-likeness (QED) is 0.601. The first-order valence-electron chi connectivity index (χ1n) is 11.4. The number of hydrogen-bond acceptors (Lipinski definition) is 5. The van der Waals surface area contributed by atoms with Gasteiger partial charge in [-0.3, -0.25) is 9.59 Å². The molecule has 1 aliphatic heterocycles. The normalized spacial score (nSPS) is 20.2. The van der Waals surface area contributed by atoms with Gasteiger partial charge >= 0.3 is 0 Å². The molecule has 1 saturated carbocycles. The maximum Gasteiger partial charge on any atom is 0.250 e. The van der Waals surface area contributed by atoms with E-state index in [1.807, 2.05) is 54.5 Å². The zero-order valence-corrected chi connectivity index (χ0v) is 19.9. The lowest BCUT2D eigenvalue weighted by Gasteiger charge is -2.44. The molecular weight excluding hydrogens is 424 g/mol. The van der Waals surface area contributed by atoms with Gasteiger partial charge in [0.05, 0.1) is 19.8 Å². The standard InChI is InChI=1S/C25H32N2O4S/c1-17(2)31-21-12-11-18(14-22(21)30-3)24-25(29)26(19-8-5-4-6-9-19)16-23(28)27(24)15-20-10-7-13-32-20/h7,10-14,17,19,24H,4-6,8-9,15-16H2,1-3H3. The van der Waals surface area contributed by atoms with E-state index >= 15 is 0 Å². The molecule has 2 amide bonds. The number of rotatable bonds is 7. The highest BCUT2D eigenvalue weighted by molar-refractivity contribution is 7.09. The van der Waals surface area contributed by atoms with Gasteiger partial charge in [0.25, 0.3) is 5.91 Å². The number of thiophene rings is 1. The third-order valence-electron chi connectivity index (χ3n) is 6.24. The number of amides is 2. The van der Waals surface area contributed by atoms with Crippen molar-refractivity contribution in [1.82, 2.24) is 9.80 Å². The van der Waals surface area contributed by atoms with Gasteiger partial charge < -0.3 is 19.3 Å². The molecule has 2 aliphatic rings. The molecule has 32 heavy (non-hydrogen) atoms. The zero-order valence-electron chi connectivity index (χ0n) is 19.1. The Hall–Kier alpha value is -2.54. The van der Waals surface area contributed by atoms with Crippen LogP contribution in [0.5, 0.6) is 11.5 Å². The van der Waals surface area contributed by atoms with Crippen molar-refractivity contribution in [3.05, 3.63) is 46.2 Å². The summed E-state index contributed by atoms with van der Waals surface area (Å²) in [4.78, 5) is 31.8. The van der Waals surface area contributed by atoms with Crippen molar-refractivity contribution in [2.45, 2.75) is 70.7 Å². The van der Waals surface area contributed by atoms with Gasteiger partial charge in [0.1, 0.15) is 12.6 Å². The van der Waals surface area contributed by atoms with E-state index in [0.717, 1.165) is 36.1 Å². The molecule has 1 unspecified atom stereocenters. The molecular formula is C25H32N2O4S. The first kappa shape index (κ1) is 22.6. The fraction of sp³-hybridized carbons (Fsp3) is 0.520. The molecule has 7 heteroatoms. The van der Waals surface area contributed by atoms with Crippen LogP contribution in [0, 0.1) is 0 Å². The molecule has 2 heterocycles. The molecule has 1 saturated heterocycles. The minimum atomic E-state index is -0.665. The molecule has 0 bridgehead atoms. The number of hydrogen-bond donors (Lipinski definition) is 0. The Kier molecular flexibility index (Phi) is 7.04. The average Bonchev–Trinajstić information content (AvgIpc) is 3.30. The third kappa shape index (κ3) is 4.77. The number of ether oxygens (including phenoxy) is 2. The molecule has 1 aliphatic carbocycles. The van der Waals surface area contributed by atoms with E-state index in [-0.39, 0.29) is 30.5 Å². The lowest BCUT2D eigenvalue weighted by Crippen LogP contribution is -2.58. The highest BCUT2D eigenvalue weighted by Crippen LogP contribution is 2.37. The predicted molar refractivity (Wildman–Crippen MR) is 125 cm³/mol. The van der Waals surface area contributed by atoms with Crippen molar-refractivity contribution in [3.8, 4) is 11.5 Å². The summed E-state index contributed by atoms with van der Waals surface area (Å²) in [6.45, 7) is 4.51. The summed E-state index contributed by atoms with van der Waals surface area (Å²) >= 11 is 1.60. The largest absolute Gasteiger partial charge is 0.493 e. The number of carbonyl (C=O) groups excluding carboxylic acids is 2. The van der Waals surface area contributed by atoms with Crippen LogP contribution in [0.2, 0.25) is 0 Å². The maximum absolute atomic E-state index is 13.8. The second kappa shape index (κ2) is 9.94. The molecule has 1 aromatic heterocycles. The van der Waals surface area contributed by atoms with Crippen molar-refractivity contribution in [3.63, 3.8) is 0 Å². The Balaban J connectivity index is 1.70. The van der Waals surface area contributed by atoms with E-state index in [1.54, 1.807) is 23.3 Å². The number of piperazine rings is 1. The lowest BCUT2D eigenvalue weighted by atomic mass is 9.91. The molecule has 6 nitrogen and oxygen atoms in total. The van der Waals surface area contributed by atoms with Gasteiger partial charge in [0.15, 0.2) is 11.5 Å². The Labute approximate surface area is 194 Å². The van der Waals surface area contributed by atoms with Gasteiger partial charge in [-0.25, -0.2) is 0 Å². The molecule has 1 aromatic carbocycles. The fourth-order valence-electron chi connectivity index (χ4n) is 4.73. The molecule has 0 spiro atoms. The van der Waals surface area contributed by atoms with Crippen LogP contribution < -0.4 is 9.47 Å². The van der Waals surface area contributed by atoms with Crippen LogP contribution in [0.3, 0.4) is 0 Å². The summed E-state index contributed by atoms with van der Waals surface area (Å²) in [7, 11) is 1.60. The molecule has 0 radical (unpaired) electrons. The third-order valence-corrected chi connectivity index (χ3v) is 7.10. The van der Waals surface area contributed by atoms with Crippen LogP contribution >= 0.6 is 11.3 Å². The second-order valence-electron chi connectivity index (χ2n) is 8.84. The average molecular weight is 457 g/mol. The Bertz CT molecular complexity index is 937. The summed E-state index contributed by atoms with van der Waals surface area (Å²) in [5.41, 5.74) is 0.758. The highest BCUT2D eigenvalue weighted by Gasteiger charge is 2.43. The summed E-state index contributed by atoms with van der Waals surface area (Å²) in [5, 5.41) is 2.00. The van der Waals surface area contributed by atoms with Crippen LogP contribution in [-0.4, -0.2) is 47.4 Å². The van der Waals surface area contributed by atoms with Crippen LogP contribution in [0.4, 0.5) is 0 Å². The van der Waals surface area contributed by atoms with Gasteiger partial charge in [-0.05, 0) is 55.8 Å². The molecule has 4 rings (SSSR count). The van der Waals surface area contributed by atoms with Gasteiger partial charge in [0, 0.05) is 10.9 Å². The van der Waals surface area contributed by atoms with Crippen molar-refractivity contribution in [1.29, 1.82) is 0 Å². The van der Waals surface area contributed by atoms with Gasteiger partial charge in [-0.1, -0.05) is 31.4 Å². The van der Waals surface area contributed by atoms with E-state index in [9.17, 15) is 9.59 Å². The fourth-order valence-corrected chi connectivity index (χ4v) is 5.43. The van der Waals surface area contributed by atoms with Crippen LogP contribution in [0.15, 0.2) is 35.7 Å². The monoisotopic (exact) mass is 456 g/mol. The second-order valence-corrected chi connectivity index (χ2v) is 9.87. The molecule has 172 valence electrons. The van der Waals surface area contributed by atoms with E-state index < -0.39 is 6.04 Å². The van der Waals surface area contributed by atoms with Gasteiger partial charge in [-0.15, -0.1) is 11.3 Å². The number of carbonyl (C=O) groups is 2. The maximum atomic E-state index is 13.8. The Morgan fingerprint density at radius 3 is 2.53 bits per heavy atom. The lowest BCUT2D eigenvalue weighted by molar-refractivity contribution is -0.159. The topological polar surface area (TPSA) is 59.1 Å². The Morgan fingerprint density at radius 1 is 1.09 bits per heavy atom. The smallest absolute Gasteiger partial charge is 0.250 e. The van der Waals surface area contributed by atoms with E-state index in [0.29, 0.717) is 18.0 Å². The summed E-state index contributed by atoms with van der Waals surface area (Å²) in [5.74, 6) is 1.21. The summed E-state index contributed by atoms with van der Waals surface area (Å²) < 4.78 is 11.4. The van der Waals surface area contributed by atoms with E-state index in [1.165, 1.54) is 6.42 Å². The van der Waals surface area contributed by atoms with Crippen LogP contribution in [0.1, 0.15) is 62.4 Å². The van der Waals surface area contributed by atoms with Crippen molar-refractivity contribution < 1.29 is 19.1 Å². The van der Waals surface area contributed by atoms with Crippen molar-refractivity contribution in [2.75, 3.05) is 13.7 Å². The number of methoxy groups -OCH3 is 1. The molecule has 2 fully saturated rings. The highest BCUT2D eigenvalue weighted by atomic mass is 32.1. The van der Waals surface area contributed by atoms with Gasteiger partial charge in [-0.2, -0.15) is 0 Å². The van der Waals surface area contributed by atoms with Crippen molar-refractivity contribution >= 4 is 23.2 Å². The number of nitrogens with zero attached hydrogens (tertiary/aromatic N) is 2. The van der Waals surface area contributed by atoms with Crippen molar-refractivity contribution in [2.24, 2.45) is 0 Å². The minimum Gasteiger partial charge on any atom is -0.493 e. The molecule has 0 N–H and O–H groups in total. The first-order valence-corrected chi connectivity index (χ1v) is 12.3. The minimum absolute atomic E-state index is 0.00441.